The first-order valence-electron chi connectivity index (χ1n) is 17.9. The lowest BCUT2D eigenvalue weighted by Gasteiger charge is -2.27. The van der Waals surface area contributed by atoms with Gasteiger partial charge < -0.3 is 40.7 Å². The number of benzene rings is 3. The number of nitrogens with zero attached hydrogens (tertiary/aromatic N) is 5. The van der Waals surface area contributed by atoms with Gasteiger partial charge in [-0.3, -0.25) is 14.5 Å². The van der Waals surface area contributed by atoms with Crippen molar-refractivity contribution in [3.05, 3.63) is 114 Å². The fraction of sp³-hybridized carbons (Fsp3) is 0.385. The molecule has 7 rings (SSSR count). The summed E-state index contributed by atoms with van der Waals surface area (Å²) in [6.45, 7) is 5.13. The van der Waals surface area contributed by atoms with Crippen LogP contribution in [0.1, 0.15) is 46.6 Å². The Morgan fingerprint density at radius 3 is 2.23 bits per heavy atom. The summed E-state index contributed by atoms with van der Waals surface area (Å²) in [6, 6.07) is 30.6. The minimum Gasteiger partial charge on any atom is -0.387 e. The van der Waals surface area contributed by atoms with Gasteiger partial charge in [-0.15, -0.1) is 0 Å². The van der Waals surface area contributed by atoms with Crippen molar-refractivity contribution in [2.45, 2.75) is 56.4 Å². The van der Waals surface area contributed by atoms with E-state index in [-0.39, 0.29) is 24.5 Å². The smallest absolute Gasteiger partial charge is 0.289 e. The Balaban J connectivity index is 1.18. The first kappa shape index (κ1) is 35.3. The molecule has 2 saturated heterocycles. The lowest BCUT2D eigenvalue weighted by atomic mass is 9.91. The van der Waals surface area contributed by atoms with Gasteiger partial charge in [0.15, 0.2) is 24.0 Å². The van der Waals surface area contributed by atoms with Gasteiger partial charge in [0.2, 0.25) is 5.82 Å². The molecule has 2 unspecified atom stereocenters. The highest BCUT2D eigenvalue weighted by Gasteiger charge is 2.51. The first-order valence-corrected chi connectivity index (χ1v) is 17.9. The Bertz CT molecular complexity index is 1800. The van der Waals surface area contributed by atoms with Gasteiger partial charge in [0.1, 0.15) is 17.9 Å². The Hall–Kier alpha value is -5.08. The molecule has 13 heteroatoms. The molecule has 3 aliphatic rings. The zero-order valence-corrected chi connectivity index (χ0v) is 29.4. The molecule has 0 saturated carbocycles. The number of hydrogen-bond donors (Lipinski definition) is 5. The zero-order chi connectivity index (χ0) is 36.2. The summed E-state index contributed by atoms with van der Waals surface area (Å²) in [5.41, 5.74) is 4.07. The van der Waals surface area contributed by atoms with E-state index in [1.807, 2.05) is 66.5 Å². The Kier molecular flexibility index (Phi) is 10.6. The predicted molar refractivity (Wildman–Crippen MR) is 198 cm³/mol. The summed E-state index contributed by atoms with van der Waals surface area (Å²) in [7, 11) is 1.86. The maximum Gasteiger partial charge on any atom is 0.289 e. The van der Waals surface area contributed by atoms with Crippen molar-refractivity contribution in [1.82, 2.24) is 25.5 Å². The Morgan fingerprint density at radius 2 is 1.58 bits per heavy atom. The molecule has 272 valence electrons. The van der Waals surface area contributed by atoms with Crippen LogP contribution in [-0.2, 0) is 16.1 Å². The Labute approximate surface area is 303 Å². The van der Waals surface area contributed by atoms with Crippen LogP contribution in [0.3, 0.4) is 0 Å². The van der Waals surface area contributed by atoms with Crippen molar-refractivity contribution in [2.75, 3.05) is 55.0 Å². The normalized spacial score (nSPS) is 22.8. The van der Waals surface area contributed by atoms with Crippen LogP contribution in [0.5, 0.6) is 0 Å². The number of aliphatic hydroxyl groups excluding tert-OH is 2. The second-order valence-corrected chi connectivity index (χ2v) is 13.6. The van der Waals surface area contributed by atoms with Crippen molar-refractivity contribution < 1.29 is 24.5 Å². The fourth-order valence-corrected chi connectivity index (χ4v) is 7.38. The number of likely N-dealkylation sites (tertiary alicyclic amines) is 1. The third-order valence-electron chi connectivity index (χ3n) is 9.98. The molecule has 3 aliphatic heterocycles. The monoisotopic (exact) mass is 706 g/mol. The maximum absolute atomic E-state index is 13.9. The quantitative estimate of drug-likeness (QED) is 0.148. The largest absolute Gasteiger partial charge is 0.387 e. The van der Waals surface area contributed by atoms with Gasteiger partial charge in [-0.25, -0.2) is 9.97 Å². The van der Waals surface area contributed by atoms with E-state index in [4.69, 9.17) is 14.7 Å². The third-order valence-corrected chi connectivity index (χ3v) is 9.98. The molecule has 52 heavy (non-hydrogen) atoms. The number of rotatable bonds is 12. The van der Waals surface area contributed by atoms with E-state index >= 15 is 0 Å². The van der Waals surface area contributed by atoms with E-state index in [9.17, 15) is 19.8 Å². The summed E-state index contributed by atoms with van der Waals surface area (Å²) in [5, 5.41) is 31.4. The van der Waals surface area contributed by atoms with Gasteiger partial charge in [-0.2, -0.15) is 0 Å². The number of amides is 2. The first-order chi connectivity index (χ1) is 25.3. The summed E-state index contributed by atoms with van der Waals surface area (Å²) in [4.78, 5) is 42.1. The number of fused-ring (bicyclic) bond motifs is 1. The molecule has 3 aromatic carbocycles. The van der Waals surface area contributed by atoms with Crippen LogP contribution in [0.4, 0.5) is 17.3 Å². The van der Waals surface area contributed by atoms with Crippen LogP contribution in [-0.4, -0.2) is 107 Å². The van der Waals surface area contributed by atoms with E-state index in [2.05, 4.69) is 57.2 Å². The molecule has 4 heterocycles. The summed E-state index contributed by atoms with van der Waals surface area (Å²) >= 11 is 0. The topological polar surface area (TPSA) is 155 Å². The van der Waals surface area contributed by atoms with Gasteiger partial charge in [-0.05, 0) is 30.0 Å². The van der Waals surface area contributed by atoms with Crippen LogP contribution in [0.25, 0.3) is 0 Å². The van der Waals surface area contributed by atoms with E-state index in [0.717, 1.165) is 30.6 Å². The SMILES string of the molecule is CCNC(=O)[C@H]1OC(N2CN(C)c3c(NCC(c4ccccc4)c4ccccc4)nc(C(=O)NC4CCN(Cc5ccccc5)C4)nc32)[C@H](O)[C@@H]1O. The number of hydrogen-bond acceptors (Lipinski definition) is 11. The molecule has 0 aliphatic carbocycles. The van der Waals surface area contributed by atoms with Crippen molar-refractivity contribution in [1.29, 1.82) is 0 Å². The minimum absolute atomic E-state index is 0.0323. The van der Waals surface area contributed by atoms with E-state index in [1.54, 1.807) is 11.8 Å². The predicted octanol–water partition coefficient (Wildman–Crippen LogP) is 2.52. The van der Waals surface area contributed by atoms with Crippen molar-refractivity contribution >= 4 is 29.1 Å². The molecule has 5 N–H and O–H groups in total. The maximum atomic E-state index is 13.9. The van der Waals surface area contributed by atoms with Crippen LogP contribution in [0.2, 0.25) is 0 Å². The van der Waals surface area contributed by atoms with E-state index in [0.29, 0.717) is 37.0 Å². The molecule has 13 nitrogen and oxygen atoms in total. The molecule has 5 atom stereocenters. The number of nitrogens with one attached hydrogen (secondary N) is 3. The van der Waals surface area contributed by atoms with Gasteiger partial charge in [0, 0.05) is 51.7 Å². The van der Waals surface area contributed by atoms with Crippen LogP contribution in [0, 0.1) is 0 Å². The highest BCUT2D eigenvalue weighted by atomic mass is 16.6. The number of carbonyl (C=O) groups is 2. The summed E-state index contributed by atoms with van der Waals surface area (Å²) in [6.07, 6.45) is -4.44. The molecular weight excluding hydrogens is 660 g/mol. The molecule has 0 radical (unpaired) electrons. The van der Waals surface area contributed by atoms with Crippen molar-refractivity contribution in [3.63, 3.8) is 0 Å². The van der Waals surface area contributed by atoms with Crippen LogP contribution < -0.4 is 25.8 Å². The minimum atomic E-state index is -1.45. The van der Waals surface area contributed by atoms with Crippen molar-refractivity contribution in [2.24, 2.45) is 0 Å². The second kappa shape index (κ2) is 15.7. The van der Waals surface area contributed by atoms with Gasteiger partial charge in [-0.1, -0.05) is 91.0 Å². The standard InChI is InChI=1S/C39H46N8O5/c1-3-40-37(50)33-31(48)32(49)39(52-33)47-24-45(2)30-34(41-21-29(26-15-9-5-10-16-26)27-17-11-6-12-18-27)43-35(44-36(30)47)38(51)42-28-19-20-46(23-28)22-25-13-7-4-8-14-25/h4-18,28-29,31-33,39,48-49H,3,19-24H2,1-2H3,(H,40,50)(H,42,51)(H,41,43,44)/t28?,31-,32+,33-,39?/m0/s1. The van der Waals surface area contributed by atoms with E-state index < -0.39 is 36.4 Å². The number of anilines is 3. The molecule has 2 fully saturated rings. The third kappa shape index (κ3) is 7.44. The number of carbonyl (C=O) groups excluding carboxylic acids is 2. The summed E-state index contributed by atoms with van der Waals surface area (Å²) in [5.74, 6) is -0.195. The van der Waals surface area contributed by atoms with E-state index in [1.165, 1.54) is 5.56 Å². The average molecular weight is 707 g/mol. The fourth-order valence-electron chi connectivity index (χ4n) is 7.38. The van der Waals surface area contributed by atoms with Gasteiger partial charge in [0.25, 0.3) is 11.8 Å². The molecular formula is C39H46N8O5. The lowest BCUT2D eigenvalue weighted by Crippen LogP contribution is -2.46. The number of aromatic nitrogens is 2. The molecule has 0 spiro atoms. The zero-order valence-electron chi connectivity index (χ0n) is 29.4. The van der Waals surface area contributed by atoms with Gasteiger partial charge in [0.05, 0.1) is 6.67 Å². The number of likely N-dealkylation sites (N-methyl/N-ethyl adjacent to an activating group) is 1. The number of aliphatic hydroxyl groups is 2. The van der Waals surface area contributed by atoms with Crippen LogP contribution in [0.15, 0.2) is 91.0 Å². The van der Waals surface area contributed by atoms with Gasteiger partial charge >= 0.3 is 0 Å². The highest BCUT2D eigenvalue weighted by Crippen LogP contribution is 2.42. The summed E-state index contributed by atoms with van der Waals surface area (Å²) < 4.78 is 6.01. The van der Waals surface area contributed by atoms with Crippen molar-refractivity contribution in [3.8, 4) is 0 Å². The molecule has 4 aromatic rings. The second-order valence-electron chi connectivity index (χ2n) is 13.6. The molecule has 1 aromatic heterocycles. The Morgan fingerprint density at radius 1 is 0.923 bits per heavy atom. The molecule has 2 amide bonds. The van der Waals surface area contributed by atoms with Crippen LogP contribution >= 0.6 is 0 Å². The average Bonchev–Trinajstić information content (AvgIpc) is 3.84. The molecule has 0 bridgehead atoms. The number of ether oxygens (including phenoxy) is 1. The highest BCUT2D eigenvalue weighted by molar-refractivity contribution is 5.94. The lowest BCUT2D eigenvalue weighted by molar-refractivity contribution is -0.135.